The van der Waals surface area contributed by atoms with E-state index in [1.807, 2.05) is 43.3 Å². The van der Waals surface area contributed by atoms with Crippen molar-refractivity contribution >= 4 is 23.0 Å². The quantitative estimate of drug-likeness (QED) is 0.553. The predicted molar refractivity (Wildman–Crippen MR) is 115 cm³/mol. The molecule has 0 saturated heterocycles. The van der Waals surface area contributed by atoms with E-state index in [1.54, 1.807) is 6.20 Å². The van der Waals surface area contributed by atoms with Crippen LogP contribution >= 0.6 is 0 Å². The van der Waals surface area contributed by atoms with Crippen molar-refractivity contribution in [2.45, 2.75) is 32.9 Å². The average Bonchev–Trinajstić information content (AvgIpc) is 2.90. The first-order valence-corrected chi connectivity index (χ1v) is 9.89. The lowest BCUT2D eigenvalue weighted by Crippen LogP contribution is -2.15. The van der Waals surface area contributed by atoms with Gasteiger partial charge in [-0.25, -0.2) is 0 Å². The summed E-state index contributed by atoms with van der Waals surface area (Å²) in [6, 6.07) is 13.8. The number of benzene rings is 2. The highest BCUT2D eigenvalue weighted by atomic mass is 19.4. The van der Waals surface area contributed by atoms with Gasteiger partial charge >= 0.3 is 6.18 Å². The molecular weight excluding hydrogens is 403 g/mol. The summed E-state index contributed by atoms with van der Waals surface area (Å²) < 4.78 is 39.8. The van der Waals surface area contributed by atoms with E-state index >= 15 is 0 Å². The van der Waals surface area contributed by atoms with E-state index in [9.17, 15) is 18.0 Å². The molecule has 1 amide bonds. The van der Waals surface area contributed by atoms with Gasteiger partial charge in [-0.05, 0) is 54.3 Å². The Balaban J connectivity index is 1.76. The van der Waals surface area contributed by atoms with Crippen LogP contribution in [0.1, 0.15) is 35.7 Å². The maximum Gasteiger partial charge on any atom is 0.416 e. The number of nitrogens with zero attached hydrogens (tertiary/aromatic N) is 2. The van der Waals surface area contributed by atoms with E-state index in [0.717, 1.165) is 34.9 Å². The van der Waals surface area contributed by atoms with Gasteiger partial charge < -0.3 is 5.32 Å². The Morgan fingerprint density at radius 3 is 2.48 bits per heavy atom. The van der Waals surface area contributed by atoms with Crippen LogP contribution in [0, 0.1) is 6.92 Å². The van der Waals surface area contributed by atoms with Gasteiger partial charge in [-0.1, -0.05) is 31.2 Å². The maximum atomic E-state index is 13.3. The molecule has 1 N–H and O–H groups in total. The Labute approximate surface area is 177 Å². The number of aromatic nitrogens is 1. The molecule has 1 aromatic heterocycles. The highest BCUT2D eigenvalue weighted by molar-refractivity contribution is 6.17. The Kier molecular flexibility index (Phi) is 5.35. The summed E-state index contributed by atoms with van der Waals surface area (Å²) in [6.07, 6.45) is -1.89. The summed E-state index contributed by atoms with van der Waals surface area (Å²) in [7, 11) is 0. The molecule has 0 atom stereocenters. The van der Waals surface area contributed by atoms with Crippen molar-refractivity contribution in [3.05, 3.63) is 77.1 Å². The van der Waals surface area contributed by atoms with Gasteiger partial charge in [0.15, 0.2) is 0 Å². The van der Waals surface area contributed by atoms with Gasteiger partial charge in [0.25, 0.3) is 0 Å². The third kappa shape index (κ3) is 4.35. The first-order valence-electron chi connectivity index (χ1n) is 9.89. The van der Waals surface area contributed by atoms with Crippen LogP contribution in [-0.4, -0.2) is 16.6 Å². The molecule has 3 aromatic rings. The minimum atomic E-state index is -4.50. The molecule has 4 nitrogen and oxygen atoms in total. The number of carbonyl (C=O) groups excluding carboxylic acids is 1. The zero-order chi connectivity index (χ0) is 22.2. The van der Waals surface area contributed by atoms with Gasteiger partial charge in [0.05, 0.1) is 29.1 Å². The molecule has 31 heavy (non-hydrogen) atoms. The van der Waals surface area contributed by atoms with Crippen LogP contribution in [0.4, 0.5) is 24.5 Å². The fraction of sp³-hybridized carbons (Fsp3) is 0.208. The number of pyridine rings is 1. The highest BCUT2D eigenvalue weighted by Gasteiger charge is 2.34. The van der Waals surface area contributed by atoms with Crippen LogP contribution in [0.15, 0.2) is 59.7 Å². The molecule has 7 heteroatoms. The molecule has 2 aromatic carbocycles. The van der Waals surface area contributed by atoms with Gasteiger partial charge in [0.1, 0.15) is 0 Å². The lowest BCUT2D eigenvalue weighted by atomic mass is 10.0. The lowest BCUT2D eigenvalue weighted by molar-refractivity contribution is -0.138. The van der Waals surface area contributed by atoms with Gasteiger partial charge in [-0.2, -0.15) is 13.2 Å². The molecule has 0 aliphatic carbocycles. The van der Waals surface area contributed by atoms with E-state index in [4.69, 9.17) is 0 Å². The monoisotopic (exact) mass is 423 g/mol. The van der Waals surface area contributed by atoms with E-state index in [0.29, 0.717) is 11.4 Å². The van der Waals surface area contributed by atoms with Crippen LogP contribution in [0.5, 0.6) is 0 Å². The fourth-order valence-electron chi connectivity index (χ4n) is 3.57. The molecule has 4 rings (SSSR count). The van der Waals surface area contributed by atoms with Gasteiger partial charge in [-0.3, -0.25) is 14.8 Å². The average molecular weight is 423 g/mol. The number of fused-ring (bicyclic) bond motifs is 1. The van der Waals surface area contributed by atoms with Crippen LogP contribution in [0.25, 0.3) is 11.1 Å². The number of carbonyl (C=O) groups is 1. The van der Waals surface area contributed by atoms with Crippen molar-refractivity contribution in [2.75, 3.05) is 5.32 Å². The summed E-state index contributed by atoms with van der Waals surface area (Å²) in [5.74, 6) is -0.408. The van der Waals surface area contributed by atoms with Gasteiger partial charge in [0, 0.05) is 17.5 Å². The highest BCUT2D eigenvalue weighted by Crippen LogP contribution is 2.39. The Bertz CT molecular complexity index is 1180. The summed E-state index contributed by atoms with van der Waals surface area (Å²) in [4.78, 5) is 21.4. The molecule has 0 unspecified atom stereocenters. The summed E-state index contributed by atoms with van der Waals surface area (Å²) in [5, 5.41) is 2.56. The van der Waals surface area contributed by atoms with E-state index in [-0.39, 0.29) is 17.7 Å². The van der Waals surface area contributed by atoms with E-state index < -0.39 is 17.6 Å². The second-order valence-electron chi connectivity index (χ2n) is 7.44. The van der Waals surface area contributed by atoms with Crippen molar-refractivity contribution < 1.29 is 18.0 Å². The topological polar surface area (TPSA) is 54.4 Å². The number of alkyl halides is 3. The number of anilines is 1. The zero-order valence-corrected chi connectivity index (χ0v) is 17.0. The summed E-state index contributed by atoms with van der Waals surface area (Å²) in [6.45, 7) is 3.42. The summed E-state index contributed by atoms with van der Waals surface area (Å²) >= 11 is 0. The smallest absolute Gasteiger partial charge is 0.324 e. The number of halogens is 3. The number of hydrogen-bond donors (Lipinski definition) is 1. The van der Waals surface area contributed by atoms with Gasteiger partial charge in [0.2, 0.25) is 5.91 Å². The third-order valence-electron chi connectivity index (χ3n) is 5.22. The minimum absolute atomic E-state index is 0.0362. The van der Waals surface area contributed by atoms with Crippen molar-refractivity contribution in [3.8, 4) is 11.1 Å². The van der Waals surface area contributed by atoms with Crippen LogP contribution in [0.3, 0.4) is 0 Å². The molecule has 1 aliphatic heterocycles. The van der Waals surface area contributed by atoms with Crippen molar-refractivity contribution in [3.63, 3.8) is 0 Å². The maximum absolute atomic E-state index is 13.3. The lowest BCUT2D eigenvalue weighted by Gasteiger charge is -2.13. The minimum Gasteiger partial charge on any atom is -0.324 e. The number of nitrogens with one attached hydrogen (secondary N) is 1. The SMILES string of the molecule is CCc1ccc(-c2cccc(C3=Nc4cc(C)c(C(F)(F)F)cc4NC(=O)C3)c2)cn1. The third-order valence-corrected chi connectivity index (χ3v) is 5.22. The van der Waals surface area contributed by atoms with Crippen molar-refractivity contribution in [1.29, 1.82) is 0 Å². The first kappa shape index (κ1) is 20.8. The molecule has 0 spiro atoms. The standard InChI is InChI=1S/C24H20F3N3O/c1-3-18-8-7-17(13-28-18)15-5-4-6-16(10-15)20-12-23(31)30-22-11-19(24(25,26)27)14(2)9-21(22)29-20/h4-11,13H,3,12H2,1-2H3,(H,30,31). The number of rotatable bonds is 3. The van der Waals surface area contributed by atoms with E-state index in [2.05, 4.69) is 15.3 Å². The van der Waals surface area contributed by atoms with Crippen molar-refractivity contribution in [1.82, 2.24) is 4.98 Å². The molecule has 0 radical (unpaired) electrons. The Morgan fingerprint density at radius 2 is 1.81 bits per heavy atom. The van der Waals surface area contributed by atoms with Crippen LogP contribution in [0.2, 0.25) is 0 Å². The molecule has 0 fully saturated rings. The first-order chi connectivity index (χ1) is 14.7. The molecule has 2 heterocycles. The molecule has 158 valence electrons. The summed E-state index contributed by atoms with van der Waals surface area (Å²) in [5.41, 5.74) is 3.73. The number of aliphatic imine (C=N–C) groups is 1. The van der Waals surface area contributed by atoms with Gasteiger partial charge in [-0.15, -0.1) is 0 Å². The van der Waals surface area contributed by atoms with E-state index in [1.165, 1.54) is 13.0 Å². The Morgan fingerprint density at radius 1 is 1.03 bits per heavy atom. The fourth-order valence-corrected chi connectivity index (χ4v) is 3.57. The predicted octanol–water partition coefficient (Wildman–Crippen LogP) is 6.10. The second kappa shape index (κ2) is 7.98. The van der Waals surface area contributed by atoms with Crippen molar-refractivity contribution in [2.24, 2.45) is 4.99 Å². The zero-order valence-electron chi connectivity index (χ0n) is 17.0. The number of hydrogen-bond acceptors (Lipinski definition) is 3. The Hall–Kier alpha value is -3.48. The normalized spacial score (nSPS) is 13.8. The van der Waals surface area contributed by atoms with Crippen LogP contribution < -0.4 is 5.32 Å². The largest absolute Gasteiger partial charge is 0.416 e. The molecule has 1 aliphatic rings. The molecular formula is C24H20F3N3O. The second-order valence-corrected chi connectivity index (χ2v) is 7.44. The molecule has 0 saturated carbocycles. The van der Waals surface area contributed by atoms with Crippen LogP contribution in [-0.2, 0) is 17.4 Å². The number of amides is 1. The number of aryl methyl sites for hydroxylation is 2. The molecule has 0 bridgehead atoms.